The summed E-state index contributed by atoms with van der Waals surface area (Å²) >= 11 is 0. The smallest absolute Gasteiger partial charge is 0.254 e. The zero-order valence-corrected chi connectivity index (χ0v) is 7.83. The monoisotopic (exact) mass is 182 g/mol. The van der Waals surface area contributed by atoms with Gasteiger partial charge in [-0.15, -0.1) is 0 Å². The van der Waals surface area contributed by atoms with Crippen LogP contribution in [-0.2, 0) is 0 Å². The Balaban J connectivity index is 2.54. The van der Waals surface area contributed by atoms with Crippen LogP contribution < -0.4 is 11.1 Å². The SMILES string of the molecule is Cc1occc1C(=O)NCC(C)N. The molecule has 1 aromatic rings. The van der Waals surface area contributed by atoms with Crippen molar-refractivity contribution in [2.24, 2.45) is 5.73 Å². The van der Waals surface area contributed by atoms with E-state index in [-0.39, 0.29) is 11.9 Å². The van der Waals surface area contributed by atoms with Crippen molar-refractivity contribution in [1.29, 1.82) is 0 Å². The number of hydrogen-bond donors (Lipinski definition) is 2. The number of carbonyl (C=O) groups is 1. The fourth-order valence-corrected chi connectivity index (χ4v) is 0.969. The highest BCUT2D eigenvalue weighted by atomic mass is 16.3. The van der Waals surface area contributed by atoms with Crippen LogP contribution in [-0.4, -0.2) is 18.5 Å². The molecule has 1 aromatic heterocycles. The summed E-state index contributed by atoms with van der Waals surface area (Å²) in [6.07, 6.45) is 1.50. The van der Waals surface area contributed by atoms with Gasteiger partial charge >= 0.3 is 0 Å². The van der Waals surface area contributed by atoms with E-state index in [1.165, 1.54) is 6.26 Å². The van der Waals surface area contributed by atoms with E-state index in [0.29, 0.717) is 17.9 Å². The van der Waals surface area contributed by atoms with Crippen molar-refractivity contribution in [3.63, 3.8) is 0 Å². The minimum atomic E-state index is -0.136. The quantitative estimate of drug-likeness (QED) is 0.721. The van der Waals surface area contributed by atoms with Crippen molar-refractivity contribution in [3.8, 4) is 0 Å². The molecule has 3 N–H and O–H groups in total. The fraction of sp³-hybridized carbons (Fsp3) is 0.444. The molecule has 72 valence electrons. The summed E-state index contributed by atoms with van der Waals surface area (Å²) in [5.74, 6) is 0.491. The predicted molar refractivity (Wildman–Crippen MR) is 49.4 cm³/mol. The number of furan rings is 1. The Morgan fingerprint density at radius 3 is 2.92 bits per heavy atom. The highest BCUT2D eigenvalue weighted by Gasteiger charge is 2.10. The highest BCUT2D eigenvalue weighted by molar-refractivity contribution is 5.95. The number of aryl methyl sites for hydroxylation is 1. The molecule has 1 atom stereocenters. The first-order valence-corrected chi connectivity index (χ1v) is 4.19. The molecule has 0 aliphatic rings. The molecule has 1 unspecified atom stereocenters. The molecule has 0 aliphatic heterocycles. The number of carbonyl (C=O) groups excluding carboxylic acids is 1. The summed E-state index contributed by atoms with van der Waals surface area (Å²) < 4.78 is 5.00. The minimum Gasteiger partial charge on any atom is -0.469 e. The van der Waals surface area contributed by atoms with E-state index in [4.69, 9.17) is 10.2 Å². The maximum atomic E-state index is 11.4. The van der Waals surface area contributed by atoms with Crippen LogP contribution in [0.4, 0.5) is 0 Å². The Hall–Kier alpha value is -1.29. The topological polar surface area (TPSA) is 68.3 Å². The standard InChI is InChI=1S/C9H14N2O2/c1-6(10)5-11-9(12)8-3-4-13-7(8)2/h3-4,6H,5,10H2,1-2H3,(H,11,12). The number of rotatable bonds is 3. The Morgan fingerprint density at radius 2 is 2.46 bits per heavy atom. The van der Waals surface area contributed by atoms with Gasteiger partial charge in [0.25, 0.3) is 5.91 Å². The van der Waals surface area contributed by atoms with Crippen LogP contribution >= 0.6 is 0 Å². The second kappa shape index (κ2) is 4.09. The van der Waals surface area contributed by atoms with Gasteiger partial charge in [-0.05, 0) is 19.9 Å². The molecule has 13 heavy (non-hydrogen) atoms. The Morgan fingerprint density at radius 1 is 1.77 bits per heavy atom. The third kappa shape index (κ3) is 2.59. The molecule has 0 aromatic carbocycles. The average Bonchev–Trinajstić information content (AvgIpc) is 2.47. The molecule has 0 radical (unpaired) electrons. The molecule has 0 spiro atoms. The van der Waals surface area contributed by atoms with Crippen LogP contribution in [0.25, 0.3) is 0 Å². The van der Waals surface area contributed by atoms with E-state index >= 15 is 0 Å². The Kier molecular flexibility index (Phi) is 3.08. The maximum Gasteiger partial charge on any atom is 0.254 e. The third-order valence-corrected chi connectivity index (χ3v) is 1.69. The van der Waals surface area contributed by atoms with Gasteiger partial charge in [-0.2, -0.15) is 0 Å². The van der Waals surface area contributed by atoms with Gasteiger partial charge < -0.3 is 15.5 Å². The van der Waals surface area contributed by atoms with Gasteiger partial charge in [0.05, 0.1) is 11.8 Å². The lowest BCUT2D eigenvalue weighted by molar-refractivity contribution is 0.0950. The van der Waals surface area contributed by atoms with Crippen molar-refractivity contribution >= 4 is 5.91 Å². The number of nitrogens with one attached hydrogen (secondary N) is 1. The molecule has 4 nitrogen and oxygen atoms in total. The van der Waals surface area contributed by atoms with Crippen LogP contribution in [0.2, 0.25) is 0 Å². The van der Waals surface area contributed by atoms with Gasteiger partial charge in [0.2, 0.25) is 0 Å². The second-order valence-corrected chi connectivity index (χ2v) is 3.08. The third-order valence-electron chi connectivity index (χ3n) is 1.69. The van der Waals surface area contributed by atoms with Crippen molar-refractivity contribution < 1.29 is 9.21 Å². The summed E-state index contributed by atoms with van der Waals surface area (Å²) in [6.45, 7) is 4.06. The first-order valence-electron chi connectivity index (χ1n) is 4.19. The zero-order valence-electron chi connectivity index (χ0n) is 7.83. The number of amides is 1. The van der Waals surface area contributed by atoms with E-state index < -0.39 is 0 Å². The fourth-order valence-electron chi connectivity index (χ4n) is 0.969. The summed E-state index contributed by atoms with van der Waals surface area (Å²) in [6, 6.07) is 1.61. The molecule has 1 amide bonds. The van der Waals surface area contributed by atoms with Crippen LogP contribution in [0.1, 0.15) is 23.0 Å². The molecular weight excluding hydrogens is 168 g/mol. The highest BCUT2D eigenvalue weighted by Crippen LogP contribution is 2.07. The molecule has 0 saturated heterocycles. The second-order valence-electron chi connectivity index (χ2n) is 3.08. The van der Waals surface area contributed by atoms with Crippen molar-refractivity contribution in [2.75, 3.05) is 6.54 Å². The van der Waals surface area contributed by atoms with E-state index in [1.807, 2.05) is 6.92 Å². The predicted octanol–water partition coefficient (Wildman–Crippen LogP) is 0.665. The molecule has 4 heteroatoms. The molecule has 0 fully saturated rings. The van der Waals surface area contributed by atoms with Gasteiger partial charge in [-0.3, -0.25) is 4.79 Å². The zero-order chi connectivity index (χ0) is 9.84. The Labute approximate surface area is 77.1 Å². The van der Waals surface area contributed by atoms with Gasteiger partial charge in [-0.1, -0.05) is 0 Å². The van der Waals surface area contributed by atoms with Crippen LogP contribution in [0.15, 0.2) is 16.7 Å². The summed E-state index contributed by atoms with van der Waals surface area (Å²) in [5, 5.41) is 2.70. The molecular formula is C9H14N2O2. The van der Waals surface area contributed by atoms with E-state index in [2.05, 4.69) is 5.32 Å². The lowest BCUT2D eigenvalue weighted by Crippen LogP contribution is -2.35. The summed E-state index contributed by atoms with van der Waals surface area (Å²) in [4.78, 5) is 11.4. The van der Waals surface area contributed by atoms with Crippen molar-refractivity contribution in [3.05, 3.63) is 23.7 Å². The molecule has 1 rings (SSSR count). The largest absolute Gasteiger partial charge is 0.469 e. The minimum absolute atomic E-state index is 0.0313. The molecule has 0 aliphatic carbocycles. The van der Waals surface area contributed by atoms with Gasteiger partial charge in [0, 0.05) is 12.6 Å². The van der Waals surface area contributed by atoms with Crippen LogP contribution in [0.5, 0.6) is 0 Å². The average molecular weight is 182 g/mol. The number of nitrogens with two attached hydrogens (primary N) is 1. The van der Waals surface area contributed by atoms with E-state index in [0.717, 1.165) is 0 Å². The van der Waals surface area contributed by atoms with Gasteiger partial charge in [-0.25, -0.2) is 0 Å². The lowest BCUT2D eigenvalue weighted by Gasteiger charge is -2.06. The molecule has 0 saturated carbocycles. The first kappa shape index (κ1) is 9.80. The molecule has 1 heterocycles. The van der Waals surface area contributed by atoms with Gasteiger partial charge in [0.1, 0.15) is 5.76 Å². The summed E-state index contributed by atoms with van der Waals surface area (Å²) in [7, 11) is 0. The maximum absolute atomic E-state index is 11.4. The normalized spacial score (nSPS) is 12.5. The molecule has 0 bridgehead atoms. The summed E-state index contributed by atoms with van der Waals surface area (Å²) in [5.41, 5.74) is 6.06. The van der Waals surface area contributed by atoms with Crippen LogP contribution in [0.3, 0.4) is 0 Å². The van der Waals surface area contributed by atoms with Gasteiger partial charge in [0.15, 0.2) is 0 Å². The van der Waals surface area contributed by atoms with Crippen molar-refractivity contribution in [1.82, 2.24) is 5.32 Å². The number of hydrogen-bond acceptors (Lipinski definition) is 3. The first-order chi connectivity index (χ1) is 6.11. The van der Waals surface area contributed by atoms with Crippen LogP contribution in [0, 0.1) is 6.92 Å². The van der Waals surface area contributed by atoms with E-state index in [1.54, 1.807) is 13.0 Å². The van der Waals surface area contributed by atoms with Crippen molar-refractivity contribution in [2.45, 2.75) is 19.9 Å². The van der Waals surface area contributed by atoms with E-state index in [9.17, 15) is 4.79 Å². The lowest BCUT2D eigenvalue weighted by atomic mass is 10.2. The Bertz CT molecular complexity index is 292.